The first-order valence-corrected chi connectivity index (χ1v) is 9.56. The number of aromatic nitrogens is 2. The van der Waals surface area contributed by atoms with E-state index < -0.39 is 0 Å². The second kappa shape index (κ2) is 7.58. The van der Waals surface area contributed by atoms with Crippen LogP contribution in [0.15, 0.2) is 75.2 Å². The van der Waals surface area contributed by atoms with E-state index in [1.165, 1.54) is 23.9 Å². The van der Waals surface area contributed by atoms with E-state index >= 15 is 0 Å². The highest BCUT2D eigenvalue weighted by Gasteiger charge is 2.14. The third kappa shape index (κ3) is 3.91. The minimum absolute atomic E-state index is 0.158. The van der Waals surface area contributed by atoms with Crippen molar-refractivity contribution in [2.75, 3.05) is 0 Å². The lowest BCUT2D eigenvalue weighted by Crippen LogP contribution is -2.23. The molecule has 0 spiro atoms. The van der Waals surface area contributed by atoms with Gasteiger partial charge in [0.2, 0.25) is 0 Å². The zero-order chi connectivity index (χ0) is 18.8. The molecule has 4 nitrogen and oxygen atoms in total. The largest absolute Gasteiger partial charge is 0.467 e. The Hall–Kier alpha value is -2.57. The predicted octanol–water partition coefficient (Wildman–Crippen LogP) is 5.12. The first-order chi connectivity index (χ1) is 13.1. The Bertz CT molecular complexity index is 1140. The Kier molecular flexibility index (Phi) is 5.01. The summed E-state index contributed by atoms with van der Waals surface area (Å²) >= 11 is 7.47. The molecule has 0 fully saturated rings. The fourth-order valence-corrected chi connectivity index (χ4v) is 3.83. The van der Waals surface area contributed by atoms with Crippen LogP contribution in [0.3, 0.4) is 0 Å². The van der Waals surface area contributed by atoms with Crippen LogP contribution in [0.25, 0.3) is 10.9 Å². The van der Waals surface area contributed by atoms with E-state index in [0.29, 0.717) is 32.6 Å². The van der Waals surface area contributed by atoms with Crippen molar-refractivity contribution in [2.24, 2.45) is 0 Å². The first-order valence-electron chi connectivity index (χ1n) is 8.20. The third-order valence-electron chi connectivity index (χ3n) is 4.06. The van der Waals surface area contributed by atoms with Gasteiger partial charge in [0, 0.05) is 10.8 Å². The maximum atomic E-state index is 13.1. The van der Waals surface area contributed by atoms with Gasteiger partial charge in [0.05, 0.1) is 23.7 Å². The SMILES string of the molecule is O=c1c2ccc(Cl)cc2nc(SCc2ccc(F)cc2)n1Cc1ccco1. The van der Waals surface area contributed by atoms with Crippen molar-refractivity contribution in [3.63, 3.8) is 0 Å². The molecular formula is C20H14ClFN2O2S. The molecule has 136 valence electrons. The van der Waals surface area contributed by atoms with Crippen LogP contribution in [-0.4, -0.2) is 9.55 Å². The van der Waals surface area contributed by atoms with E-state index in [1.54, 1.807) is 47.2 Å². The van der Waals surface area contributed by atoms with E-state index in [9.17, 15) is 9.18 Å². The van der Waals surface area contributed by atoms with Gasteiger partial charge in [-0.1, -0.05) is 35.5 Å². The molecule has 4 rings (SSSR count). The number of fused-ring (bicyclic) bond motifs is 1. The summed E-state index contributed by atoms with van der Waals surface area (Å²) in [5.74, 6) is 0.935. The molecule has 2 heterocycles. The Morgan fingerprint density at radius 1 is 1.15 bits per heavy atom. The summed E-state index contributed by atoms with van der Waals surface area (Å²) in [5.41, 5.74) is 1.32. The Morgan fingerprint density at radius 2 is 1.96 bits per heavy atom. The van der Waals surface area contributed by atoms with E-state index in [0.717, 1.165) is 5.56 Å². The van der Waals surface area contributed by atoms with Crippen molar-refractivity contribution in [1.29, 1.82) is 0 Å². The maximum Gasteiger partial charge on any atom is 0.262 e. The van der Waals surface area contributed by atoms with Crippen LogP contribution < -0.4 is 5.56 Å². The normalized spacial score (nSPS) is 11.2. The van der Waals surface area contributed by atoms with Crippen molar-refractivity contribution in [3.8, 4) is 0 Å². The molecule has 27 heavy (non-hydrogen) atoms. The number of rotatable bonds is 5. The van der Waals surface area contributed by atoms with Crippen molar-refractivity contribution in [1.82, 2.24) is 9.55 Å². The quantitative estimate of drug-likeness (QED) is 0.344. The first kappa shape index (κ1) is 17.8. The van der Waals surface area contributed by atoms with E-state index in [2.05, 4.69) is 4.98 Å². The third-order valence-corrected chi connectivity index (χ3v) is 5.34. The molecule has 4 aromatic rings. The number of furan rings is 1. The lowest BCUT2D eigenvalue weighted by atomic mass is 10.2. The van der Waals surface area contributed by atoms with Crippen molar-refractivity contribution >= 4 is 34.3 Å². The van der Waals surface area contributed by atoms with E-state index in [1.807, 2.05) is 6.07 Å². The molecule has 0 amide bonds. The molecule has 0 saturated heterocycles. The molecule has 2 aromatic carbocycles. The summed E-state index contributed by atoms with van der Waals surface area (Å²) in [6.45, 7) is 0.281. The number of benzene rings is 2. The molecule has 0 bridgehead atoms. The monoisotopic (exact) mass is 400 g/mol. The Labute approximate surface area is 163 Å². The van der Waals surface area contributed by atoms with Crippen LogP contribution in [0.4, 0.5) is 4.39 Å². The highest BCUT2D eigenvalue weighted by molar-refractivity contribution is 7.98. The maximum absolute atomic E-state index is 13.1. The molecule has 0 aliphatic carbocycles. The fourth-order valence-electron chi connectivity index (χ4n) is 2.71. The van der Waals surface area contributed by atoms with Gasteiger partial charge < -0.3 is 4.42 Å². The van der Waals surface area contributed by atoms with Crippen molar-refractivity contribution < 1.29 is 8.81 Å². The zero-order valence-electron chi connectivity index (χ0n) is 14.1. The molecule has 0 aliphatic heterocycles. The van der Waals surface area contributed by atoms with Crippen LogP contribution in [0.2, 0.25) is 5.02 Å². The average molecular weight is 401 g/mol. The molecule has 0 aliphatic rings. The fraction of sp³-hybridized carbons (Fsp3) is 0.100. The Morgan fingerprint density at radius 3 is 2.70 bits per heavy atom. The molecule has 7 heteroatoms. The van der Waals surface area contributed by atoms with Crippen LogP contribution in [0.5, 0.6) is 0 Å². The van der Waals surface area contributed by atoms with Crippen LogP contribution >= 0.6 is 23.4 Å². The minimum atomic E-state index is -0.281. The van der Waals surface area contributed by atoms with Gasteiger partial charge in [-0.25, -0.2) is 9.37 Å². The highest BCUT2D eigenvalue weighted by Crippen LogP contribution is 2.24. The van der Waals surface area contributed by atoms with E-state index in [4.69, 9.17) is 16.0 Å². The molecule has 0 radical (unpaired) electrons. The number of hydrogen-bond donors (Lipinski definition) is 0. The molecule has 2 aromatic heterocycles. The van der Waals surface area contributed by atoms with Gasteiger partial charge in [-0.3, -0.25) is 9.36 Å². The molecule has 0 N–H and O–H groups in total. The van der Waals surface area contributed by atoms with Crippen LogP contribution in [0.1, 0.15) is 11.3 Å². The lowest BCUT2D eigenvalue weighted by molar-refractivity contribution is 0.476. The van der Waals surface area contributed by atoms with Crippen LogP contribution in [-0.2, 0) is 12.3 Å². The predicted molar refractivity (Wildman–Crippen MR) is 105 cm³/mol. The summed E-state index contributed by atoms with van der Waals surface area (Å²) in [4.78, 5) is 17.7. The second-order valence-electron chi connectivity index (χ2n) is 5.94. The zero-order valence-corrected chi connectivity index (χ0v) is 15.6. The summed E-state index contributed by atoms with van der Waals surface area (Å²) in [6.07, 6.45) is 1.57. The van der Waals surface area contributed by atoms with Crippen molar-refractivity contribution in [3.05, 3.63) is 93.4 Å². The summed E-state index contributed by atoms with van der Waals surface area (Å²) in [7, 11) is 0. The second-order valence-corrected chi connectivity index (χ2v) is 7.32. The van der Waals surface area contributed by atoms with E-state index in [-0.39, 0.29) is 17.9 Å². The number of nitrogens with zero attached hydrogens (tertiary/aromatic N) is 2. The molecular weight excluding hydrogens is 387 g/mol. The standard InChI is InChI=1S/C20H14ClFN2O2S/c21-14-5-8-17-18(10-14)23-20(27-12-13-3-6-15(22)7-4-13)24(19(17)25)11-16-2-1-9-26-16/h1-10H,11-12H2. The van der Waals surface area contributed by atoms with Gasteiger partial charge in [-0.05, 0) is 48.0 Å². The van der Waals surface area contributed by atoms with Gasteiger partial charge in [0.25, 0.3) is 5.56 Å². The average Bonchev–Trinajstić information content (AvgIpc) is 3.17. The smallest absolute Gasteiger partial charge is 0.262 e. The van der Waals surface area contributed by atoms with Gasteiger partial charge >= 0.3 is 0 Å². The minimum Gasteiger partial charge on any atom is -0.467 e. The highest BCUT2D eigenvalue weighted by atomic mass is 35.5. The molecule has 0 atom stereocenters. The Balaban J connectivity index is 1.75. The van der Waals surface area contributed by atoms with Gasteiger partial charge in [-0.2, -0.15) is 0 Å². The topological polar surface area (TPSA) is 48.0 Å². The number of hydrogen-bond acceptors (Lipinski definition) is 4. The van der Waals surface area contributed by atoms with Gasteiger partial charge in [0.15, 0.2) is 5.16 Å². The van der Waals surface area contributed by atoms with Crippen molar-refractivity contribution in [2.45, 2.75) is 17.5 Å². The summed E-state index contributed by atoms with van der Waals surface area (Å²) in [5, 5.41) is 1.57. The van der Waals surface area contributed by atoms with Gasteiger partial charge in [0.1, 0.15) is 11.6 Å². The molecule has 0 saturated carbocycles. The molecule has 0 unspecified atom stereocenters. The lowest BCUT2D eigenvalue weighted by Gasteiger charge is -2.12. The number of thioether (sulfide) groups is 1. The summed E-state index contributed by atoms with van der Waals surface area (Å²) < 4.78 is 20.1. The summed E-state index contributed by atoms with van der Waals surface area (Å²) in [6, 6.07) is 14.9. The van der Waals surface area contributed by atoms with Gasteiger partial charge in [-0.15, -0.1) is 0 Å². The number of halogens is 2. The van der Waals surface area contributed by atoms with Crippen LogP contribution in [0, 0.1) is 5.82 Å².